The highest BCUT2D eigenvalue weighted by atomic mass is 16.6. The molecule has 5 nitrogen and oxygen atoms in total. The molecule has 35 heavy (non-hydrogen) atoms. The molecule has 0 aliphatic heterocycles. The van der Waals surface area contributed by atoms with Crippen LogP contribution >= 0.6 is 0 Å². The first-order chi connectivity index (χ1) is 17.4. The van der Waals surface area contributed by atoms with Crippen molar-refractivity contribution in [1.29, 1.82) is 0 Å². The summed E-state index contributed by atoms with van der Waals surface area (Å²) in [5.74, 6) is 1.63. The minimum Gasteiger partial charge on any atom is -0.491 e. The van der Waals surface area contributed by atoms with Gasteiger partial charge in [-0.2, -0.15) is 0 Å². The average molecular weight is 486 g/mol. The number of unbranched alkanes of at least 4 members (excludes halogenated alkanes) is 8. The Labute approximate surface area is 213 Å². The van der Waals surface area contributed by atoms with E-state index in [-0.39, 0.29) is 0 Å². The minimum absolute atomic E-state index is 0.504. The zero-order valence-corrected chi connectivity index (χ0v) is 21.5. The third-order valence-electron chi connectivity index (χ3n) is 5.60. The molecule has 1 radical (unpaired) electrons. The Kier molecular flexibility index (Phi) is 17.7. The Hall–Kier alpha value is -2.08. The standard InChI is InChI=1S/C30H45O5/c1-2-3-4-5-6-7-8-9-13-20-31-21-22-32-23-24-33-25-26-34-29-16-18-30(19-17-29)35-27-28-14-11-10-12-15-28/h10-12,14-19H,1-9,13,20-27H2. The highest BCUT2D eigenvalue weighted by molar-refractivity contribution is 5.31. The summed E-state index contributed by atoms with van der Waals surface area (Å²) in [6.07, 6.45) is 11.5. The van der Waals surface area contributed by atoms with Crippen LogP contribution < -0.4 is 9.47 Å². The molecule has 0 spiro atoms. The largest absolute Gasteiger partial charge is 0.491 e. The Bertz CT molecular complexity index is 704. The zero-order valence-electron chi connectivity index (χ0n) is 21.5. The molecule has 0 amide bonds. The maximum absolute atomic E-state index is 5.79. The van der Waals surface area contributed by atoms with Gasteiger partial charge >= 0.3 is 0 Å². The van der Waals surface area contributed by atoms with Gasteiger partial charge in [0, 0.05) is 6.61 Å². The van der Waals surface area contributed by atoms with Gasteiger partial charge in [0.15, 0.2) is 0 Å². The average Bonchev–Trinajstić information content (AvgIpc) is 2.90. The molecule has 0 N–H and O–H groups in total. The molecule has 0 heterocycles. The van der Waals surface area contributed by atoms with E-state index in [1.54, 1.807) is 0 Å². The lowest BCUT2D eigenvalue weighted by molar-refractivity contribution is 0.00878. The van der Waals surface area contributed by atoms with Crippen molar-refractivity contribution in [2.75, 3.05) is 46.2 Å². The van der Waals surface area contributed by atoms with E-state index >= 15 is 0 Å². The van der Waals surface area contributed by atoms with Gasteiger partial charge in [0.1, 0.15) is 24.7 Å². The van der Waals surface area contributed by atoms with Crippen LogP contribution in [-0.2, 0) is 20.8 Å². The molecule has 195 valence electrons. The molecule has 0 saturated carbocycles. The van der Waals surface area contributed by atoms with Gasteiger partial charge in [-0.25, -0.2) is 0 Å². The van der Waals surface area contributed by atoms with E-state index in [1.807, 2.05) is 42.5 Å². The molecular formula is C30H45O5. The molecule has 0 unspecified atom stereocenters. The summed E-state index contributed by atoms with van der Waals surface area (Å²) in [5, 5.41) is 0. The van der Waals surface area contributed by atoms with E-state index < -0.39 is 0 Å². The molecule has 0 aliphatic carbocycles. The van der Waals surface area contributed by atoms with Crippen molar-refractivity contribution >= 4 is 0 Å². The van der Waals surface area contributed by atoms with Gasteiger partial charge < -0.3 is 23.7 Å². The fourth-order valence-electron chi connectivity index (χ4n) is 3.57. The highest BCUT2D eigenvalue weighted by Gasteiger charge is 1.99. The molecule has 0 saturated heterocycles. The summed E-state index contributed by atoms with van der Waals surface area (Å²) in [6, 6.07) is 17.8. The second kappa shape index (κ2) is 21.2. The van der Waals surface area contributed by atoms with E-state index in [0.29, 0.717) is 46.2 Å². The van der Waals surface area contributed by atoms with E-state index in [0.717, 1.165) is 36.5 Å². The van der Waals surface area contributed by atoms with Gasteiger partial charge in [-0.1, -0.05) is 88.6 Å². The van der Waals surface area contributed by atoms with Crippen molar-refractivity contribution in [1.82, 2.24) is 0 Å². The highest BCUT2D eigenvalue weighted by Crippen LogP contribution is 2.18. The molecule has 0 fully saturated rings. The number of benzene rings is 2. The van der Waals surface area contributed by atoms with Crippen LogP contribution in [0.4, 0.5) is 0 Å². The minimum atomic E-state index is 0.504. The van der Waals surface area contributed by atoms with Crippen LogP contribution in [0.1, 0.15) is 63.4 Å². The smallest absolute Gasteiger partial charge is 0.120 e. The van der Waals surface area contributed by atoms with E-state index in [4.69, 9.17) is 23.7 Å². The molecule has 2 rings (SSSR count). The van der Waals surface area contributed by atoms with E-state index in [1.165, 1.54) is 44.9 Å². The van der Waals surface area contributed by atoms with Crippen molar-refractivity contribution in [3.8, 4) is 11.5 Å². The van der Waals surface area contributed by atoms with Crippen LogP contribution in [0.25, 0.3) is 0 Å². The maximum Gasteiger partial charge on any atom is 0.120 e. The molecule has 0 aromatic heterocycles. The van der Waals surface area contributed by atoms with Crippen LogP contribution in [0.2, 0.25) is 0 Å². The number of rotatable bonds is 23. The summed E-state index contributed by atoms with van der Waals surface area (Å²) in [7, 11) is 0. The van der Waals surface area contributed by atoms with Crippen molar-refractivity contribution in [2.45, 2.75) is 64.4 Å². The third kappa shape index (κ3) is 16.3. The monoisotopic (exact) mass is 485 g/mol. The summed E-state index contributed by atoms with van der Waals surface area (Å²) in [4.78, 5) is 0. The van der Waals surface area contributed by atoms with Crippen LogP contribution in [-0.4, -0.2) is 46.2 Å². The molecule has 0 bridgehead atoms. The lowest BCUT2D eigenvalue weighted by atomic mass is 10.1. The number of hydrogen-bond donors (Lipinski definition) is 0. The first-order valence-electron chi connectivity index (χ1n) is 13.3. The lowest BCUT2D eigenvalue weighted by Crippen LogP contribution is -2.13. The second-order valence-electron chi connectivity index (χ2n) is 8.61. The van der Waals surface area contributed by atoms with Gasteiger partial charge in [-0.3, -0.25) is 0 Å². The Morgan fingerprint density at radius 3 is 1.54 bits per heavy atom. The van der Waals surface area contributed by atoms with E-state index in [2.05, 4.69) is 19.1 Å². The predicted octanol–water partition coefficient (Wildman–Crippen LogP) is 7.04. The Morgan fingerprint density at radius 1 is 0.457 bits per heavy atom. The van der Waals surface area contributed by atoms with Gasteiger partial charge in [-0.05, 0) is 36.2 Å². The summed E-state index contributed by atoms with van der Waals surface area (Å²) in [5.41, 5.74) is 1.15. The number of ether oxygens (including phenoxy) is 5. The second-order valence-corrected chi connectivity index (χ2v) is 8.61. The zero-order chi connectivity index (χ0) is 24.7. The van der Waals surface area contributed by atoms with Crippen molar-refractivity contribution in [2.24, 2.45) is 0 Å². The van der Waals surface area contributed by atoms with E-state index in [9.17, 15) is 0 Å². The fraction of sp³-hybridized carbons (Fsp3) is 0.567. The Morgan fingerprint density at radius 2 is 0.943 bits per heavy atom. The normalized spacial score (nSPS) is 11.0. The Balaban J connectivity index is 1.31. The quantitative estimate of drug-likeness (QED) is 0.158. The summed E-state index contributed by atoms with van der Waals surface area (Å²) < 4.78 is 28.2. The molecule has 2 aromatic carbocycles. The first kappa shape index (κ1) is 29.2. The molecule has 2 aromatic rings. The summed E-state index contributed by atoms with van der Waals surface area (Å²) in [6.45, 7) is 8.71. The van der Waals surface area contributed by atoms with Gasteiger partial charge in [0.25, 0.3) is 0 Å². The molecule has 0 atom stereocenters. The van der Waals surface area contributed by atoms with Gasteiger partial charge in [-0.15, -0.1) is 0 Å². The van der Waals surface area contributed by atoms with Gasteiger partial charge in [0.05, 0.1) is 33.0 Å². The SMILES string of the molecule is [CH2]CCCCCCCCCCOCCOCCOCCOc1ccc(OCc2ccccc2)cc1. The molecule has 0 aliphatic rings. The topological polar surface area (TPSA) is 46.2 Å². The van der Waals surface area contributed by atoms with Crippen molar-refractivity contribution in [3.05, 3.63) is 67.1 Å². The molecule has 5 heteroatoms. The van der Waals surface area contributed by atoms with Crippen LogP contribution in [0.15, 0.2) is 54.6 Å². The predicted molar refractivity (Wildman–Crippen MR) is 142 cm³/mol. The van der Waals surface area contributed by atoms with Crippen molar-refractivity contribution in [3.63, 3.8) is 0 Å². The summed E-state index contributed by atoms with van der Waals surface area (Å²) >= 11 is 0. The first-order valence-corrected chi connectivity index (χ1v) is 13.3. The maximum atomic E-state index is 5.79. The van der Waals surface area contributed by atoms with Gasteiger partial charge in [0.2, 0.25) is 0 Å². The lowest BCUT2D eigenvalue weighted by Gasteiger charge is -2.10. The third-order valence-corrected chi connectivity index (χ3v) is 5.60. The van der Waals surface area contributed by atoms with Crippen LogP contribution in [0, 0.1) is 6.92 Å². The number of hydrogen-bond acceptors (Lipinski definition) is 5. The van der Waals surface area contributed by atoms with Crippen molar-refractivity contribution < 1.29 is 23.7 Å². The molecular weight excluding hydrogens is 440 g/mol. The van der Waals surface area contributed by atoms with Crippen LogP contribution in [0.5, 0.6) is 11.5 Å². The van der Waals surface area contributed by atoms with Crippen LogP contribution in [0.3, 0.4) is 0 Å². The fourth-order valence-corrected chi connectivity index (χ4v) is 3.57.